The SMILES string of the molecule is CN1C=CC(CCNS(=O)[O-])=c2ccc3c4c([nH]c(=O)c-4c21)=CCN3c1ccc(F)cc1. The highest BCUT2D eigenvalue weighted by molar-refractivity contribution is 7.77. The van der Waals surface area contributed by atoms with Crippen molar-refractivity contribution in [1.29, 1.82) is 0 Å². The average Bonchev–Trinajstić information content (AvgIpc) is 2.97. The van der Waals surface area contributed by atoms with Gasteiger partial charge in [0.1, 0.15) is 5.82 Å². The molecule has 0 fully saturated rings. The molecule has 1 aliphatic carbocycles. The van der Waals surface area contributed by atoms with E-state index in [1.807, 2.05) is 47.3 Å². The lowest BCUT2D eigenvalue weighted by Crippen LogP contribution is -2.26. The fraction of sp³-hybridized carbons (Fsp3) is 0.174. The van der Waals surface area contributed by atoms with Gasteiger partial charge in [0.05, 0.1) is 16.9 Å². The van der Waals surface area contributed by atoms with Gasteiger partial charge in [-0.25, -0.2) is 9.11 Å². The molecule has 3 aliphatic heterocycles. The molecule has 4 aliphatic rings. The van der Waals surface area contributed by atoms with E-state index in [0.717, 1.165) is 38.8 Å². The molecule has 9 heteroatoms. The second-order valence-corrected chi connectivity index (χ2v) is 8.48. The van der Waals surface area contributed by atoms with Gasteiger partial charge in [0.25, 0.3) is 5.56 Å². The minimum Gasteiger partial charge on any atom is -0.760 e. The van der Waals surface area contributed by atoms with Crippen LogP contribution in [0.2, 0.25) is 0 Å². The van der Waals surface area contributed by atoms with E-state index < -0.39 is 11.3 Å². The van der Waals surface area contributed by atoms with Gasteiger partial charge in [-0.1, -0.05) is 6.07 Å². The molecule has 0 aromatic heterocycles. The number of benzene rings is 1. The maximum atomic E-state index is 13.5. The molecule has 1 aromatic carbocycles. The van der Waals surface area contributed by atoms with Crippen molar-refractivity contribution >= 4 is 40.0 Å². The maximum Gasteiger partial charge on any atom is 0.258 e. The maximum absolute atomic E-state index is 13.5. The van der Waals surface area contributed by atoms with E-state index in [1.54, 1.807) is 12.1 Å². The lowest BCUT2D eigenvalue weighted by Gasteiger charge is -2.27. The Morgan fingerprint density at radius 2 is 1.97 bits per heavy atom. The van der Waals surface area contributed by atoms with Crippen LogP contribution in [0.15, 0.2) is 53.5 Å². The summed E-state index contributed by atoms with van der Waals surface area (Å²) in [7, 11) is 1.88. The van der Waals surface area contributed by atoms with Crippen molar-refractivity contribution in [1.82, 2.24) is 9.71 Å². The first kappa shape index (κ1) is 20.6. The number of nitrogens with zero attached hydrogens (tertiary/aromatic N) is 2. The molecular weight excluding hydrogens is 431 g/mol. The number of anilines is 3. The largest absolute Gasteiger partial charge is 0.760 e. The molecule has 1 aromatic rings. The Balaban J connectivity index is 1.74. The summed E-state index contributed by atoms with van der Waals surface area (Å²) in [4.78, 5) is 20.0. The van der Waals surface area contributed by atoms with E-state index in [9.17, 15) is 17.9 Å². The van der Waals surface area contributed by atoms with Crippen molar-refractivity contribution in [3.8, 4) is 11.1 Å². The van der Waals surface area contributed by atoms with Gasteiger partial charge in [-0.15, -0.1) is 0 Å². The number of halogens is 1. The van der Waals surface area contributed by atoms with Crippen LogP contribution < -0.4 is 30.6 Å². The zero-order valence-electron chi connectivity index (χ0n) is 17.2. The van der Waals surface area contributed by atoms with Gasteiger partial charge in [-0.05, 0) is 54.5 Å². The molecule has 2 N–H and O–H groups in total. The van der Waals surface area contributed by atoms with E-state index in [4.69, 9.17) is 0 Å². The molecule has 3 heterocycles. The molecule has 164 valence electrons. The molecule has 32 heavy (non-hydrogen) atoms. The van der Waals surface area contributed by atoms with Crippen LogP contribution in [0.5, 0.6) is 0 Å². The molecule has 0 spiro atoms. The van der Waals surface area contributed by atoms with Crippen molar-refractivity contribution in [2.24, 2.45) is 0 Å². The van der Waals surface area contributed by atoms with Crippen LogP contribution in [0.25, 0.3) is 22.8 Å². The highest BCUT2D eigenvalue weighted by Crippen LogP contribution is 2.37. The number of hydrogen-bond donors (Lipinski definition) is 2. The summed E-state index contributed by atoms with van der Waals surface area (Å²) in [5.41, 5.74) is 4.58. The molecule has 1 atom stereocenters. The van der Waals surface area contributed by atoms with Gasteiger partial charge < -0.3 is 19.3 Å². The van der Waals surface area contributed by atoms with Crippen LogP contribution in [0.1, 0.15) is 6.42 Å². The number of hydrogen-bond acceptors (Lipinski definition) is 5. The third-order valence-corrected chi connectivity index (χ3v) is 6.31. The second kappa shape index (κ2) is 8.01. The monoisotopic (exact) mass is 451 g/mol. The van der Waals surface area contributed by atoms with Crippen molar-refractivity contribution in [2.45, 2.75) is 6.42 Å². The van der Waals surface area contributed by atoms with Gasteiger partial charge in [0.2, 0.25) is 0 Å². The Labute approximate surface area is 185 Å². The first-order valence-corrected chi connectivity index (χ1v) is 11.2. The van der Waals surface area contributed by atoms with Crippen molar-refractivity contribution < 1.29 is 13.2 Å². The molecular formula is C23H20FN4O3S-. The van der Waals surface area contributed by atoms with Crippen LogP contribution >= 0.6 is 0 Å². The van der Waals surface area contributed by atoms with E-state index in [1.165, 1.54) is 12.1 Å². The molecule has 0 saturated carbocycles. The number of rotatable bonds is 5. The minimum absolute atomic E-state index is 0.179. The lowest BCUT2D eigenvalue weighted by molar-refractivity contribution is 0.523. The zero-order chi connectivity index (χ0) is 22.4. The van der Waals surface area contributed by atoms with Crippen LogP contribution in [0.4, 0.5) is 21.5 Å². The number of nitrogens with one attached hydrogen (secondary N) is 2. The van der Waals surface area contributed by atoms with Gasteiger partial charge in [0, 0.05) is 59.4 Å². The number of aromatic amines is 1. The van der Waals surface area contributed by atoms with Crippen LogP contribution in [-0.2, 0) is 11.3 Å². The molecule has 0 radical (unpaired) electrons. The standard InChI is InChI=1S/C23H21FN4O3S/c1-27-12-9-14(8-11-25-32(30)31)17-6-7-19-20-18(26-23(29)21(20)22(17)27)10-13-28(19)16-4-2-15(24)3-5-16/h2-7,9-10,12,25H,8,11,13H2,1H3,(H,26,29)(H,30,31)/p-1. The quantitative estimate of drug-likeness (QED) is 0.573. The van der Waals surface area contributed by atoms with Gasteiger partial charge in [0.15, 0.2) is 0 Å². The number of allylic oxidation sites excluding steroid dienone is 1. The predicted molar refractivity (Wildman–Crippen MR) is 123 cm³/mol. The number of aromatic nitrogens is 1. The fourth-order valence-corrected chi connectivity index (χ4v) is 4.72. The van der Waals surface area contributed by atoms with Crippen LogP contribution in [0, 0.1) is 5.82 Å². The normalized spacial score (nSPS) is 15.7. The predicted octanol–water partition coefficient (Wildman–Crippen LogP) is 1.44. The van der Waals surface area contributed by atoms with E-state index in [0.29, 0.717) is 18.5 Å². The highest BCUT2D eigenvalue weighted by Gasteiger charge is 2.27. The van der Waals surface area contributed by atoms with Crippen LogP contribution in [0.3, 0.4) is 0 Å². The zero-order valence-corrected chi connectivity index (χ0v) is 18.0. The van der Waals surface area contributed by atoms with Crippen molar-refractivity contribution in [3.05, 3.63) is 75.4 Å². The Hall–Kier alpha value is -3.27. The first-order valence-electron chi connectivity index (χ1n) is 10.1. The summed E-state index contributed by atoms with van der Waals surface area (Å²) >= 11 is -2.33. The summed E-state index contributed by atoms with van der Waals surface area (Å²) < 4.78 is 37.6. The highest BCUT2D eigenvalue weighted by atomic mass is 32.2. The Bertz CT molecular complexity index is 1410. The topological polar surface area (TPSA) is 91.5 Å². The third-order valence-electron chi connectivity index (χ3n) is 5.87. The molecule has 7 nitrogen and oxygen atoms in total. The van der Waals surface area contributed by atoms with Crippen molar-refractivity contribution in [2.75, 3.05) is 29.9 Å². The molecule has 0 saturated heterocycles. The second-order valence-electron chi connectivity index (χ2n) is 7.72. The first-order chi connectivity index (χ1) is 15.4. The van der Waals surface area contributed by atoms with E-state index >= 15 is 0 Å². The summed E-state index contributed by atoms with van der Waals surface area (Å²) in [5, 5.41) is 1.64. The average molecular weight is 452 g/mol. The molecule has 5 rings (SSSR count). The summed E-state index contributed by atoms with van der Waals surface area (Å²) in [6.07, 6.45) is 6.25. The Kier molecular flexibility index (Phi) is 5.16. The Morgan fingerprint density at radius 1 is 1.19 bits per heavy atom. The van der Waals surface area contributed by atoms with Crippen molar-refractivity contribution in [3.63, 3.8) is 0 Å². The summed E-state index contributed by atoms with van der Waals surface area (Å²) in [6, 6.07) is 10.2. The lowest BCUT2D eigenvalue weighted by atomic mass is 10.0. The van der Waals surface area contributed by atoms with Gasteiger partial charge >= 0.3 is 0 Å². The van der Waals surface area contributed by atoms with E-state index in [-0.39, 0.29) is 17.9 Å². The minimum atomic E-state index is -2.33. The Morgan fingerprint density at radius 3 is 2.72 bits per heavy atom. The summed E-state index contributed by atoms with van der Waals surface area (Å²) in [6.45, 7) is 0.790. The van der Waals surface area contributed by atoms with Gasteiger partial charge in [-0.2, -0.15) is 0 Å². The van der Waals surface area contributed by atoms with Gasteiger partial charge in [-0.3, -0.25) is 9.00 Å². The third kappa shape index (κ3) is 3.44. The fourth-order valence-electron chi connectivity index (χ4n) is 4.45. The molecule has 0 amide bonds. The number of H-pyrrole nitrogens is 1. The smallest absolute Gasteiger partial charge is 0.258 e. The van der Waals surface area contributed by atoms with E-state index in [2.05, 4.69) is 9.71 Å². The molecule has 0 bridgehead atoms. The number of fused-ring (bicyclic) bond motifs is 2. The molecule has 1 unspecified atom stereocenters. The summed E-state index contributed by atoms with van der Waals surface area (Å²) in [5.74, 6) is -0.308. The van der Waals surface area contributed by atoms with Crippen LogP contribution in [-0.4, -0.2) is 33.9 Å².